The van der Waals surface area contributed by atoms with Crippen LogP contribution in [-0.2, 0) is 16.0 Å². The van der Waals surface area contributed by atoms with Gasteiger partial charge in [0.15, 0.2) is 5.58 Å². The highest BCUT2D eigenvalue weighted by atomic mass is 19.1. The van der Waals surface area contributed by atoms with Crippen molar-refractivity contribution < 1.29 is 18.5 Å². The second-order valence-electron chi connectivity index (χ2n) is 9.28. The monoisotopic (exact) mass is 427 g/mol. The smallest absolute Gasteiger partial charge is 0.234 e. The van der Waals surface area contributed by atoms with Crippen molar-refractivity contribution in [3.05, 3.63) is 29.7 Å². The van der Waals surface area contributed by atoms with Gasteiger partial charge in [-0.3, -0.25) is 19.4 Å². The molecule has 6 nitrogen and oxygen atoms in total. The van der Waals surface area contributed by atoms with Gasteiger partial charge in [0.1, 0.15) is 5.82 Å². The SMILES string of the molecule is O=C1C2CCCCC2C(=O)N1C(CCCc1noc2cc(F)ccc12)N1CCCCC1. The van der Waals surface area contributed by atoms with Crippen LogP contribution in [-0.4, -0.2) is 46.0 Å². The molecular formula is C24H30FN3O3. The van der Waals surface area contributed by atoms with Gasteiger partial charge >= 0.3 is 0 Å². The van der Waals surface area contributed by atoms with Gasteiger partial charge in [0.05, 0.1) is 23.7 Å². The third-order valence-electron chi connectivity index (χ3n) is 7.37. The van der Waals surface area contributed by atoms with E-state index in [1.54, 1.807) is 11.0 Å². The van der Waals surface area contributed by atoms with Crippen molar-refractivity contribution in [3.8, 4) is 0 Å². The Bertz CT molecular complexity index is 944. The molecule has 3 aliphatic rings. The Hall–Kier alpha value is -2.28. The van der Waals surface area contributed by atoms with E-state index in [1.807, 2.05) is 0 Å². The zero-order chi connectivity index (χ0) is 21.4. The molecule has 31 heavy (non-hydrogen) atoms. The van der Waals surface area contributed by atoms with Gasteiger partial charge in [0, 0.05) is 24.5 Å². The summed E-state index contributed by atoms with van der Waals surface area (Å²) in [5.74, 6) is -0.459. The number of hydrogen-bond acceptors (Lipinski definition) is 5. The van der Waals surface area contributed by atoms with E-state index in [0.29, 0.717) is 12.0 Å². The molecule has 166 valence electrons. The van der Waals surface area contributed by atoms with Gasteiger partial charge < -0.3 is 4.52 Å². The first kappa shape index (κ1) is 20.6. The highest BCUT2D eigenvalue weighted by Gasteiger charge is 2.51. The van der Waals surface area contributed by atoms with E-state index in [9.17, 15) is 14.0 Å². The molecule has 0 spiro atoms. The molecule has 2 amide bonds. The van der Waals surface area contributed by atoms with E-state index in [4.69, 9.17) is 4.52 Å². The Balaban J connectivity index is 1.33. The number of rotatable bonds is 6. The van der Waals surface area contributed by atoms with Crippen LogP contribution in [0.25, 0.3) is 11.0 Å². The standard InChI is InChI=1S/C24H30FN3O3/c25-16-11-12-19-20(26-31-21(19)15-16)9-6-10-22(27-13-4-1-5-14-27)28-23(29)17-7-2-3-8-18(17)24(28)30/h11-12,15,17-18,22H,1-10,13-14H2. The summed E-state index contributed by atoms with van der Waals surface area (Å²) in [5, 5.41) is 4.96. The number of hydrogen-bond donors (Lipinski definition) is 0. The molecule has 1 aromatic heterocycles. The number of aryl methyl sites for hydroxylation is 1. The van der Waals surface area contributed by atoms with Crippen molar-refractivity contribution in [1.29, 1.82) is 0 Å². The number of aromatic nitrogens is 1. The minimum Gasteiger partial charge on any atom is -0.356 e. The van der Waals surface area contributed by atoms with Gasteiger partial charge in [-0.25, -0.2) is 4.39 Å². The number of benzene rings is 1. The van der Waals surface area contributed by atoms with Crippen molar-refractivity contribution in [2.75, 3.05) is 13.1 Å². The van der Waals surface area contributed by atoms with E-state index in [0.717, 1.165) is 75.5 Å². The van der Waals surface area contributed by atoms with E-state index in [-0.39, 0.29) is 35.6 Å². The number of carbonyl (C=O) groups is 2. The molecule has 1 aromatic carbocycles. The van der Waals surface area contributed by atoms with Crippen LogP contribution in [0.5, 0.6) is 0 Å². The van der Waals surface area contributed by atoms with Gasteiger partial charge in [-0.15, -0.1) is 0 Å². The van der Waals surface area contributed by atoms with Crippen LogP contribution in [0.4, 0.5) is 4.39 Å². The molecule has 2 saturated heterocycles. The van der Waals surface area contributed by atoms with Crippen LogP contribution in [0.1, 0.15) is 63.5 Å². The normalized spacial score (nSPS) is 25.9. The average molecular weight is 428 g/mol. The van der Waals surface area contributed by atoms with Crippen molar-refractivity contribution in [2.24, 2.45) is 11.8 Å². The number of carbonyl (C=O) groups excluding carboxylic acids is 2. The zero-order valence-corrected chi connectivity index (χ0v) is 17.9. The maximum atomic E-state index is 13.4. The number of fused-ring (bicyclic) bond motifs is 2. The lowest BCUT2D eigenvalue weighted by Crippen LogP contribution is -2.53. The van der Waals surface area contributed by atoms with E-state index < -0.39 is 0 Å². The Morgan fingerprint density at radius 3 is 2.45 bits per heavy atom. The summed E-state index contributed by atoms with van der Waals surface area (Å²) < 4.78 is 18.7. The van der Waals surface area contributed by atoms with E-state index in [2.05, 4.69) is 10.1 Å². The van der Waals surface area contributed by atoms with Crippen LogP contribution in [0.2, 0.25) is 0 Å². The van der Waals surface area contributed by atoms with Crippen molar-refractivity contribution in [3.63, 3.8) is 0 Å². The Labute approximate surface area is 181 Å². The second kappa shape index (κ2) is 8.69. The van der Waals surface area contributed by atoms with Gasteiger partial charge in [-0.05, 0) is 57.1 Å². The summed E-state index contributed by atoms with van der Waals surface area (Å²) in [4.78, 5) is 30.5. The number of imide groups is 1. The third-order valence-corrected chi connectivity index (χ3v) is 7.37. The van der Waals surface area contributed by atoms with Crippen molar-refractivity contribution >= 4 is 22.8 Å². The lowest BCUT2D eigenvalue weighted by molar-refractivity contribution is -0.148. The van der Waals surface area contributed by atoms with Gasteiger partial charge in [0.25, 0.3) is 0 Å². The molecule has 3 unspecified atom stereocenters. The maximum absolute atomic E-state index is 13.4. The van der Waals surface area contributed by atoms with Crippen LogP contribution in [0.15, 0.2) is 22.7 Å². The lowest BCUT2D eigenvalue weighted by atomic mass is 9.81. The van der Waals surface area contributed by atoms with Crippen LogP contribution in [0, 0.1) is 17.7 Å². The van der Waals surface area contributed by atoms with Crippen molar-refractivity contribution in [1.82, 2.24) is 15.0 Å². The topological polar surface area (TPSA) is 66.7 Å². The van der Waals surface area contributed by atoms with Crippen molar-refractivity contribution in [2.45, 2.75) is 70.4 Å². The van der Waals surface area contributed by atoms with Gasteiger partial charge in [0.2, 0.25) is 11.8 Å². The molecular weight excluding hydrogens is 397 g/mol. The molecule has 7 heteroatoms. The van der Waals surface area contributed by atoms with E-state index in [1.165, 1.54) is 18.6 Å². The number of nitrogens with zero attached hydrogens (tertiary/aromatic N) is 3. The summed E-state index contributed by atoms with van der Waals surface area (Å²) >= 11 is 0. The molecule has 5 rings (SSSR count). The van der Waals surface area contributed by atoms with E-state index >= 15 is 0 Å². The molecule has 1 aliphatic carbocycles. The van der Waals surface area contributed by atoms with Crippen LogP contribution in [0.3, 0.4) is 0 Å². The molecule has 1 saturated carbocycles. The fraction of sp³-hybridized carbons (Fsp3) is 0.625. The van der Waals surface area contributed by atoms with Gasteiger partial charge in [-0.1, -0.05) is 24.4 Å². The molecule has 3 heterocycles. The highest BCUT2D eigenvalue weighted by Crippen LogP contribution is 2.40. The first-order chi connectivity index (χ1) is 15.1. The highest BCUT2D eigenvalue weighted by molar-refractivity contribution is 6.05. The number of piperidine rings is 1. The number of amides is 2. The Morgan fingerprint density at radius 2 is 1.74 bits per heavy atom. The summed E-state index contributed by atoms with van der Waals surface area (Å²) in [6, 6.07) is 4.48. The van der Waals surface area contributed by atoms with Crippen LogP contribution >= 0.6 is 0 Å². The first-order valence-corrected chi connectivity index (χ1v) is 11.8. The Kier molecular flexibility index (Phi) is 5.78. The number of likely N-dealkylation sites (tertiary alicyclic amines) is 2. The molecule has 0 bridgehead atoms. The minimum atomic E-state index is -0.340. The fourth-order valence-electron chi connectivity index (χ4n) is 5.77. The lowest BCUT2D eigenvalue weighted by Gasteiger charge is -2.39. The predicted octanol–water partition coefficient (Wildman–Crippen LogP) is 4.28. The van der Waals surface area contributed by atoms with Gasteiger partial charge in [-0.2, -0.15) is 0 Å². The predicted molar refractivity (Wildman–Crippen MR) is 113 cm³/mol. The molecule has 0 radical (unpaired) electrons. The summed E-state index contributed by atoms with van der Waals surface area (Å²) in [5.41, 5.74) is 1.26. The molecule has 0 N–H and O–H groups in total. The minimum absolute atomic E-state index is 0.0487. The molecule has 2 aliphatic heterocycles. The van der Waals surface area contributed by atoms with Crippen LogP contribution < -0.4 is 0 Å². The summed E-state index contributed by atoms with van der Waals surface area (Å²) in [7, 11) is 0. The molecule has 3 atom stereocenters. The quantitative estimate of drug-likeness (QED) is 0.644. The fourth-order valence-corrected chi connectivity index (χ4v) is 5.77. The zero-order valence-electron chi connectivity index (χ0n) is 17.9. The Morgan fingerprint density at radius 1 is 1.03 bits per heavy atom. The number of halogens is 1. The first-order valence-electron chi connectivity index (χ1n) is 11.8. The maximum Gasteiger partial charge on any atom is 0.234 e. The second-order valence-corrected chi connectivity index (χ2v) is 9.28. The average Bonchev–Trinajstić information content (AvgIpc) is 3.30. The molecule has 2 aromatic rings. The largest absolute Gasteiger partial charge is 0.356 e. The summed E-state index contributed by atoms with van der Waals surface area (Å²) in [6.07, 6.45) is 9.23. The molecule has 3 fully saturated rings. The third kappa shape index (κ3) is 3.88. The summed E-state index contributed by atoms with van der Waals surface area (Å²) in [6.45, 7) is 1.87.